The SMILES string of the molecule is CC[C@H]1OC(=O)[C@H](C)[C@@H](O[C@H]2C[C@@](C)(OC)[C@@H](O)[C@H](C)O2)[C@H](C)[C@@H](O[C@H]2C[C@@H](N(C)CCc3cn([C@H](CF)[C@H](OC)c4ccc(-c5cn[nH]c5)cc4)nn3)C[C@@H](C)O2)[C@](C)(O)C[C@@H](C)CN(C)[C@H](C)[C@@H](O)[C@]1(C)O. The van der Waals surface area contributed by atoms with E-state index in [1.807, 2.05) is 77.2 Å². The number of nitrogens with zero attached hydrogens (tertiary/aromatic N) is 6. The van der Waals surface area contributed by atoms with Gasteiger partial charge in [-0.15, -0.1) is 5.10 Å². The van der Waals surface area contributed by atoms with Crippen LogP contribution in [0.5, 0.6) is 0 Å². The van der Waals surface area contributed by atoms with Crippen molar-refractivity contribution in [1.29, 1.82) is 0 Å². The van der Waals surface area contributed by atoms with Crippen molar-refractivity contribution >= 4 is 5.97 Å². The lowest BCUT2D eigenvalue weighted by Crippen LogP contribution is -2.59. The van der Waals surface area contributed by atoms with Gasteiger partial charge in [0.2, 0.25) is 0 Å². The monoisotopic (exact) mass is 1050 g/mol. The summed E-state index contributed by atoms with van der Waals surface area (Å²) in [6.45, 7) is 18.2. The van der Waals surface area contributed by atoms with Gasteiger partial charge < -0.3 is 63.4 Å². The summed E-state index contributed by atoms with van der Waals surface area (Å²) in [4.78, 5) is 18.7. The van der Waals surface area contributed by atoms with Gasteiger partial charge in [0.1, 0.15) is 42.7 Å². The lowest BCUT2D eigenvalue weighted by atomic mass is 9.77. The van der Waals surface area contributed by atoms with E-state index in [2.05, 4.69) is 25.4 Å². The predicted molar refractivity (Wildman–Crippen MR) is 274 cm³/mol. The van der Waals surface area contributed by atoms with E-state index in [0.29, 0.717) is 38.0 Å². The number of benzene rings is 1. The summed E-state index contributed by atoms with van der Waals surface area (Å²) in [6, 6.07) is 6.43. The number of methoxy groups -OCH3 is 2. The van der Waals surface area contributed by atoms with Crippen LogP contribution in [0.15, 0.2) is 42.9 Å². The Bertz CT molecular complexity index is 2190. The number of H-pyrrole nitrogens is 1. The molecule has 20 heteroatoms. The van der Waals surface area contributed by atoms with Crippen molar-refractivity contribution in [2.24, 2.45) is 17.8 Å². The molecule has 418 valence electrons. The number of likely N-dealkylation sites (N-methyl/N-ethyl adjacent to an activating group) is 2. The first-order valence-electron chi connectivity index (χ1n) is 26.5. The highest BCUT2D eigenvalue weighted by Crippen LogP contribution is 2.41. The number of cyclic esters (lactones) is 1. The standard InChI is InChI=1S/C54H88FN7O12/c1-15-43-54(10,67)48(63)35(6)61(12)29-31(2)24-52(8,66)50(33(4)46(34(5)51(65)72-43)73-45-25-53(9,69-14)49(64)36(7)71-45)74-44-23-41(22-32(3)70-44)60(11)21-20-40-30-62(59-58-40)42(26-55)47(68-13)38-18-16-37(17-19-38)39-27-56-57-28-39/h16-19,27-28,30-36,41-50,63-64,66-67H,15,20-26,29H2,1-14H3,(H,56,57)/t31-,32-,33+,34-,35-,36+,41+,42-,43-,44+,45+,46+,47-,48-,49+,50-,52-,53-,54-/m1/s1. The molecular weight excluding hydrogens is 958 g/mol. The van der Waals surface area contributed by atoms with Gasteiger partial charge in [-0.2, -0.15) is 5.10 Å². The van der Waals surface area contributed by atoms with E-state index in [0.717, 1.165) is 16.7 Å². The summed E-state index contributed by atoms with van der Waals surface area (Å²) >= 11 is 0. The number of halogens is 1. The third-order valence-electron chi connectivity index (χ3n) is 16.5. The summed E-state index contributed by atoms with van der Waals surface area (Å²) < 4.78 is 61.0. The van der Waals surface area contributed by atoms with Crippen LogP contribution in [-0.2, 0) is 44.4 Å². The first-order valence-corrected chi connectivity index (χ1v) is 26.5. The van der Waals surface area contributed by atoms with Gasteiger partial charge in [-0.25, -0.2) is 9.07 Å². The number of carbonyl (C=O) groups is 1. The molecule has 1 aromatic carbocycles. The van der Waals surface area contributed by atoms with Crippen LogP contribution in [0.1, 0.15) is 125 Å². The topological polar surface area (TPSA) is 228 Å². The van der Waals surface area contributed by atoms with E-state index in [9.17, 15) is 29.6 Å². The van der Waals surface area contributed by atoms with Gasteiger partial charge in [-0.05, 0) is 98.9 Å². The van der Waals surface area contributed by atoms with Crippen LogP contribution in [0, 0.1) is 17.8 Å². The lowest BCUT2D eigenvalue weighted by Gasteiger charge is -2.48. The van der Waals surface area contributed by atoms with E-state index < -0.39 is 109 Å². The molecule has 3 aliphatic rings. The molecule has 19 nitrogen and oxygen atoms in total. The number of aliphatic hydroxyl groups excluding tert-OH is 2. The molecule has 5 N–H and O–H groups in total. The third kappa shape index (κ3) is 13.8. The zero-order valence-electron chi connectivity index (χ0n) is 46.3. The van der Waals surface area contributed by atoms with E-state index in [-0.39, 0.29) is 37.3 Å². The summed E-state index contributed by atoms with van der Waals surface area (Å²) in [5.41, 5.74) is -0.986. The predicted octanol–water partition coefficient (Wildman–Crippen LogP) is 5.42. The minimum Gasteiger partial charge on any atom is -0.459 e. The van der Waals surface area contributed by atoms with Gasteiger partial charge in [0.25, 0.3) is 0 Å². The van der Waals surface area contributed by atoms with Gasteiger partial charge in [-0.3, -0.25) is 9.89 Å². The van der Waals surface area contributed by atoms with Crippen molar-refractivity contribution in [3.63, 3.8) is 0 Å². The fourth-order valence-corrected chi connectivity index (χ4v) is 11.8. The van der Waals surface area contributed by atoms with Gasteiger partial charge in [0, 0.05) is 82.5 Å². The summed E-state index contributed by atoms with van der Waals surface area (Å²) in [5.74, 6) is -2.57. The molecule has 2 aromatic heterocycles. The lowest BCUT2D eigenvalue weighted by molar-refractivity contribution is -0.308. The van der Waals surface area contributed by atoms with E-state index in [4.69, 9.17) is 33.2 Å². The van der Waals surface area contributed by atoms with Crippen molar-refractivity contribution in [1.82, 2.24) is 35.0 Å². The molecule has 0 aliphatic carbocycles. The Balaban J connectivity index is 1.23. The highest BCUT2D eigenvalue weighted by atomic mass is 19.1. The van der Waals surface area contributed by atoms with Crippen LogP contribution in [-0.4, -0.2) is 194 Å². The fourth-order valence-electron chi connectivity index (χ4n) is 11.8. The number of ether oxygens (including phenoxy) is 7. The zero-order chi connectivity index (χ0) is 54.4. The average molecular weight is 1050 g/mol. The largest absolute Gasteiger partial charge is 0.459 e. The minimum absolute atomic E-state index is 0.0155. The first kappa shape index (κ1) is 59.7. The van der Waals surface area contributed by atoms with Crippen LogP contribution < -0.4 is 0 Å². The number of aromatic nitrogens is 5. The Morgan fingerprint density at radius 2 is 1.66 bits per heavy atom. The molecule has 3 aromatic rings. The maximum Gasteiger partial charge on any atom is 0.311 e. The highest BCUT2D eigenvalue weighted by Gasteiger charge is 2.52. The summed E-state index contributed by atoms with van der Waals surface area (Å²) in [5, 5.41) is 63.2. The molecule has 0 saturated carbocycles. The van der Waals surface area contributed by atoms with Crippen molar-refractivity contribution in [2.45, 2.75) is 204 Å². The zero-order valence-corrected chi connectivity index (χ0v) is 46.3. The number of aliphatic hydroxyl groups is 4. The van der Waals surface area contributed by atoms with E-state index in [1.54, 1.807) is 58.8 Å². The maximum atomic E-state index is 14.9. The number of carbonyl (C=O) groups excluding carboxylic acids is 1. The molecule has 0 amide bonds. The summed E-state index contributed by atoms with van der Waals surface area (Å²) in [6.07, 6.45) is -1.01. The summed E-state index contributed by atoms with van der Waals surface area (Å²) in [7, 11) is 6.97. The van der Waals surface area contributed by atoms with Crippen LogP contribution >= 0.6 is 0 Å². The quantitative estimate of drug-likeness (QED) is 0.113. The van der Waals surface area contributed by atoms with Crippen LogP contribution in [0.4, 0.5) is 4.39 Å². The molecule has 19 atom stereocenters. The Labute approximate surface area is 437 Å². The second-order valence-corrected chi connectivity index (χ2v) is 22.5. The third-order valence-corrected chi connectivity index (χ3v) is 16.5. The van der Waals surface area contributed by atoms with Gasteiger partial charge in [-0.1, -0.05) is 50.3 Å². The Kier molecular flexibility index (Phi) is 20.4. The van der Waals surface area contributed by atoms with Gasteiger partial charge in [0.05, 0.1) is 53.4 Å². The molecule has 74 heavy (non-hydrogen) atoms. The normalized spacial score (nSPS) is 38.2. The molecule has 3 fully saturated rings. The molecule has 0 radical (unpaired) electrons. The average Bonchev–Trinajstić information content (AvgIpc) is 4.08. The second-order valence-electron chi connectivity index (χ2n) is 22.5. The Morgan fingerprint density at radius 1 is 0.959 bits per heavy atom. The van der Waals surface area contributed by atoms with Gasteiger partial charge >= 0.3 is 5.97 Å². The number of aromatic amines is 1. The Morgan fingerprint density at radius 3 is 2.28 bits per heavy atom. The second kappa shape index (κ2) is 25.3. The van der Waals surface area contributed by atoms with E-state index >= 15 is 0 Å². The molecule has 3 saturated heterocycles. The molecule has 0 bridgehead atoms. The van der Waals surface area contributed by atoms with Crippen LogP contribution in [0.2, 0.25) is 0 Å². The number of rotatable bonds is 16. The molecular formula is C54H88FN7O12. The van der Waals surface area contributed by atoms with E-state index in [1.165, 1.54) is 14.0 Å². The van der Waals surface area contributed by atoms with Crippen molar-refractivity contribution in [3.05, 3.63) is 54.1 Å². The molecule has 6 rings (SSSR count). The molecule has 5 heterocycles. The molecule has 0 spiro atoms. The van der Waals surface area contributed by atoms with Gasteiger partial charge in [0.15, 0.2) is 12.6 Å². The number of nitrogens with one attached hydrogen (secondary N) is 1. The van der Waals surface area contributed by atoms with Crippen molar-refractivity contribution in [3.8, 4) is 11.1 Å². The van der Waals surface area contributed by atoms with Crippen molar-refractivity contribution in [2.75, 3.05) is 48.1 Å². The fraction of sp³-hybridized carbons (Fsp3) is 0.778. The molecule has 0 unspecified atom stereocenters. The number of hydrogen-bond donors (Lipinski definition) is 5. The number of esters is 1. The first-order chi connectivity index (χ1) is 34.9. The highest BCUT2D eigenvalue weighted by molar-refractivity contribution is 5.73. The van der Waals surface area contributed by atoms with Crippen molar-refractivity contribution < 1.29 is 62.8 Å². The van der Waals surface area contributed by atoms with Crippen LogP contribution in [0.25, 0.3) is 11.1 Å². The number of hydrogen-bond acceptors (Lipinski definition) is 17. The minimum atomic E-state index is -1.82. The van der Waals surface area contributed by atoms with Crippen LogP contribution in [0.3, 0.4) is 0 Å². The smallest absolute Gasteiger partial charge is 0.311 e. The Hall–Kier alpha value is -3.51. The number of alkyl halides is 1. The molecule has 3 aliphatic heterocycles. The maximum absolute atomic E-state index is 14.9.